The molecule has 0 radical (unpaired) electrons. The lowest BCUT2D eigenvalue weighted by Crippen LogP contribution is -2.19. The molecule has 4 nitrogen and oxygen atoms in total. The summed E-state index contributed by atoms with van der Waals surface area (Å²) in [6, 6.07) is 10.8. The van der Waals surface area contributed by atoms with E-state index in [0.29, 0.717) is 5.69 Å². The van der Waals surface area contributed by atoms with Gasteiger partial charge in [0.05, 0.1) is 5.69 Å². The molecule has 5 heteroatoms. The zero-order valence-corrected chi connectivity index (χ0v) is 10.6. The Morgan fingerprint density at radius 3 is 2.35 bits per heavy atom. The van der Waals surface area contributed by atoms with E-state index in [4.69, 9.17) is 10.5 Å². The molecule has 0 atom stereocenters. The number of halogens is 1. The van der Waals surface area contributed by atoms with E-state index in [9.17, 15) is 0 Å². The molecule has 0 spiro atoms. The molecule has 0 saturated heterocycles. The molecule has 84 valence electrons. The second kappa shape index (κ2) is 5.93. The molecule has 0 aliphatic carbocycles. The van der Waals surface area contributed by atoms with Gasteiger partial charge in [0.2, 0.25) is 0 Å². The van der Waals surface area contributed by atoms with Crippen molar-refractivity contribution in [1.82, 2.24) is 0 Å². The van der Waals surface area contributed by atoms with Crippen molar-refractivity contribution in [2.75, 3.05) is 0 Å². The fraction of sp³-hybridized carbons (Fsp3) is 0.167. The van der Waals surface area contributed by atoms with Crippen LogP contribution in [0.3, 0.4) is 0 Å². The molecule has 0 aliphatic heterocycles. The third-order valence-electron chi connectivity index (χ3n) is 1.97. The Hall–Kier alpha value is -1.98. The summed E-state index contributed by atoms with van der Waals surface area (Å²) in [6.07, 6.45) is 1.63. The van der Waals surface area contributed by atoms with Gasteiger partial charge in [0.15, 0.2) is 0 Å². The van der Waals surface area contributed by atoms with Crippen molar-refractivity contribution in [3.8, 4) is 12.1 Å². The molecule has 0 amide bonds. The highest BCUT2D eigenvalue weighted by molar-refractivity contribution is 9.10. The van der Waals surface area contributed by atoms with Crippen LogP contribution < -0.4 is 0 Å². The minimum absolute atomic E-state index is 0.153. The van der Waals surface area contributed by atoms with Crippen molar-refractivity contribution in [1.29, 1.82) is 10.5 Å². The average molecular weight is 289 g/mol. The maximum atomic E-state index is 8.95. The van der Waals surface area contributed by atoms with Gasteiger partial charge in [-0.1, -0.05) is 22.0 Å². The molecule has 0 heterocycles. The normalized spacial score (nSPS) is 10.8. The molecule has 1 aromatic rings. The third-order valence-corrected chi connectivity index (χ3v) is 2.50. The van der Waals surface area contributed by atoms with Crippen LogP contribution in [-0.4, -0.2) is 5.54 Å². The summed E-state index contributed by atoms with van der Waals surface area (Å²) in [6.45, 7) is 3.50. The van der Waals surface area contributed by atoms with Crippen LogP contribution in [0.1, 0.15) is 6.42 Å². The summed E-state index contributed by atoms with van der Waals surface area (Å²) < 4.78 is 0.925. The van der Waals surface area contributed by atoms with Gasteiger partial charge in [0.1, 0.15) is 12.1 Å². The second-order valence-corrected chi connectivity index (χ2v) is 4.17. The van der Waals surface area contributed by atoms with Gasteiger partial charge >= 0.3 is 0 Å². The lowest BCUT2D eigenvalue weighted by Gasteiger charge is -2.07. The SMILES string of the molecule is C=CCC(C#N)(C#N)/N=N/c1ccc(Br)cc1. The molecule has 0 aromatic heterocycles. The van der Waals surface area contributed by atoms with Crippen LogP contribution in [0.2, 0.25) is 0 Å². The highest BCUT2D eigenvalue weighted by atomic mass is 79.9. The lowest BCUT2D eigenvalue weighted by atomic mass is 10.0. The predicted octanol–water partition coefficient (Wildman–Crippen LogP) is 3.89. The monoisotopic (exact) mass is 288 g/mol. The Bertz CT molecular complexity index is 491. The van der Waals surface area contributed by atoms with E-state index in [1.54, 1.807) is 12.1 Å². The number of hydrogen-bond acceptors (Lipinski definition) is 4. The summed E-state index contributed by atoms with van der Waals surface area (Å²) >= 11 is 3.30. The lowest BCUT2D eigenvalue weighted by molar-refractivity contribution is 0.660. The fourth-order valence-corrected chi connectivity index (χ4v) is 1.33. The molecule has 0 saturated carbocycles. The minimum atomic E-state index is -1.48. The van der Waals surface area contributed by atoms with E-state index >= 15 is 0 Å². The zero-order valence-electron chi connectivity index (χ0n) is 8.97. The van der Waals surface area contributed by atoms with Crippen molar-refractivity contribution in [3.63, 3.8) is 0 Å². The summed E-state index contributed by atoms with van der Waals surface area (Å²) in [5.74, 6) is 0. The average Bonchev–Trinajstić information content (AvgIpc) is 2.36. The molecular weight excluding hydrogens is 280 g/mol. The summed E-state index contributed by atoms with van der Waals surface area (Å²) in [5, 5.41) is 25.6. The predicted molar refractivity (Wildman–Crippen MR) is 67.4 cm³/mol. The first-order valence-electron chi connectivity index (χ1n) is 4.77. The van der Waals surface area contributed by atoms with Crippen molar-refractivity contribution >= 4 is 21.6 Å². The molecule has 0 aliphatic rings. The molecule has 0 N–H and O–H groups in total. The maximum Gasteiger partial charge on any atom is 0.255 e. The first kappa shape index (κ1) is 13.1. The molecule has 17 heavy (non-hydrogen) atoms. The van der Waals surface area contributed by atoms with Crippen LogP contribution in [0.25, 0.3) is 0 Å². The molecule has 0 unspecified atom stereocenters. The maximum absolute atomic E-state index is 8.95. The summed E-state index contributed by atoms with van der Waals surface area (Å²) in [7, 11) is 0. The van der Waals surface area contributed by atoms with Gasteiger partial charge in [-0.2, -0.15) is 20.8 Å². The van der Waals surface area contributed by atoms with Gasteiger partial charge < -0.3 is 0 Å². The summed E-state index contributed by atoms with van der Waals surface area (Å²) in [5.41, 5.74) is -0.887. The van der Waals surface area contributed by atoms with Crippen molar-refractivity contribution < 1.29 is 0 Å². The Balaban J connectivity index is 2.96. The Morgan fingerprint density at radius 2 is 1.88 bits per heavy atom. The van der Waals surface area contributed by atoms with Crippen LogP contribution in [0.15, 0.2) is 51.6 Å². The van der Waals surface area contributed by atoms with E-state index in [1.165, 1.54) is 6.08 Å². The quantitative estimate of drug-likeness (QED) is 0.623. The van der Waals surface area contributed by atoms with E-state index in [1.807, 2.05) is 24.3 Å². The van der Waals surface area contributed by atoms with Gasteiger partial charge in [-0.3, -0.25) is 0 Å². The fourth-order valence-electron chi connectivity index (χ4n) is 1.06. The molecular formula is C12H9BrN4. The smallest absolute Gasteiger partial charge is 0.194 e. The van der Waals surface area contributed by atoms with Gasteiger partial charge in [0, 0.05) is 10.9 Å². The van der Waals surface area contributed by atoms with Gasteiger partial charge in [-0.25, -0.2) is 0 Å². The van der Waals surface area contributed by atoms with Crippen LogP contribution in [0.4, 0.5) is 5.69 Å². The molecule has 0 fully saturated rings. The van der Waals surface area contributed by atoms with E-state index in [-0.39, 0.29) is 6.42 Å². The van der Waals surface area contributed by atoms with Gasteiger partial charge in [0.25, 0.3) is 5.54 Å². The number of rotatable bonds is 4. The van der Waals surface area contributed by atoms with Gasteiger partial charge in [-0.15, -0.1) is 6.58 Å². The number of azo groups is 1. The van der Waals surface area contributed by atoms with E-state index in [2.05, 4.69) is 32.7 Å². The van der Waals surface area contributed by atoms with Gasteiger partial charge in [-0.05, 0) is 24.3 Å². The Morgan fingerprint density at radius 1 is 1.29 bits per heavy atom. The number of hydrogen-bond donors (Lipinski definition) is 0. The van der Waals surface area contributed by atoms with Crippen LogP contribution in [-0.2, 0) is 0 Å². The highest BCUT2D eigenvalue weighted by Gasteiger charge is 2.28. The topological polar surface area (TPSA) is 72.3 Å². The molecule has 0 bridgehead atoms. The molecule has 1 aromatic carbocycles. The van der Waals surface area contributed by atoms with Crippen molar-refractivity contribution in [2.45, 2.75) is 12.0 Å². The van der Waals surface area contributed by atoms with Crippen molar-refractivity contribution in [2.24, 2.45) is 10.2 Å². The van der Waals surface area contributed by atoms with Crippen LogP contribution in [0.5, 0.6) is 0 Å². The first-order chi connectivity index (χ1) is 8.15. The standard InChI is InChI=1S/C12H9BrN4/c1-2-7-12(8-14,9-15)17-16-11-5-3-10(13)4-6-11/h2-6H,1,7H2/b17-16+. The summed E-state index contributed by atoms with van der Waals surface area (Å²) in [4.78, 5) is 0. The Kier molecular flexibility index (Phi) is 4.56. The minimum Gasteiger partial charge on any atom is -0.194 e. The van der Waals surface area contributed by atoms with Crippen molar-refractivity contribution in [3.05, 3.63) is 41.4 Å². The second-order valence-electron chi connectivity index (χ2n) is 3.25. The Labute approximate surface area is 108 Å². The van der Waals surface area contributed by atoms with Crippen LogP contribution >= 0.6 is 15.9 Å². The largest absolute Gasteiger partial charge is 0.255 e. The number of benzene rings is 1. The highest BCUT2D eigenvalue weighted by Crippen LogP contribution is 2.21. The zero-order chi connectivity index (χ0) is 12.7. The van der Waals surface area contributed by atoms with E-state index < -0.39 is 5.54 Å². The number of nitriles is 2. The first-order valence-corrected chi connectivity index (χ1v) is 5.57. The number of nitrogens with zero attached hydrogens (tertiary/aromatic N) is 4. The van der Waals surface area contributed by atoms with Crippen LogP contribution in [0, 0.1) is 22.7 Å². The van der Waals surface area contributed by atoms with E-state index in [0.717, 1.165) is 4.47 Å². The third kappa shape index (κ3) is 3.51. The molecule has 1 rings (SSSR count).